The third kappa shape index (κ3) is 41.5. The number of carbonyl (C=O) groups excluding carboxylic acids is 2. The second-order valence-electron chi connectivity index (χ2n) is 21.0. The van der Waals surface area contributed by atoms with Gasteiger partial charge in [-0.1, -0.05) is 229 Å². The summed E-state index contributed by atoms with van der Waals surface area (Å²) in [5.74, 6) is -0.204. The zero-order valence-corrected chi connectivity index (χ0v) is 46.8. The summed E-state index contributed by atoms with van der Waals surface area (Å²) in [4.78, 5) is 25.0. The highest BCUT2D eigenvalue weighted by Gasteiger charge is 2.44. The van der Waals surface area contributed by atoms with E-state index >= 15 is 0 Å². The number of nitrogens with one attached hydrogen (secondary N) is 1. The molecule has 11 nitrogen and oxygen atoms in total. The van der Waals surface area contributed by atoms with Crippen LogP contribution in [0, 0.1) is 0 Å². The van der Waals surface area contributed by atoms with Crippen LogP contribution in [0.2, 0.25) is 0 Å². The highest BCUT2D eigenvalue weighted by atomic mass is 16.7. The lowest BCUT2D eigenvalue weighted by Crippen LogP contribution is -2.60. The molecule has 1 aliphatic rings. The molecular weight excluding hydrogens is 919 g/mol. The van der Waals surface area contributed by atoms with Crippen LogP contribution in [0.25, 0.3) is 0 Å². The molecule has 0 spiro atoms. The van der Waals surface area contributed by atoms with Crippen molar-refractivity contribution in [2.45, 2.75) is 314 Å². The van der Waals surface area contributed by atoms with Crippen molar-refractivity contribution in [2.24, 2.45) is 0 Å². The maximum Gasteiger partial charge on any atom is 0.305 e. The van der Waals surface area contributed by atoms with E-state index in [1.165, 1.54) is 161 Å². The van der Waals surface area contributed by atoms with Crippen molar-refractivity contribution in [3.63, 3.8) is 0 Å². The summed E-state index contributed by atoms with van der Waals surface area (Å²) in [7, 11) is 0. The number of esters is 1. The molecule has 11 heteroatoms. The Morgan fingerprint density at radius 1 is 0.507 bits per heavy atom. The molecule has 1 saturated heterocycles. The minimum Gasteiger partial charge on any atom is -0.466 e. The van der Waals surface area contributed by atoms with Crippen molar-refractivity contribution >= 4 is 11.9 Å². The zero-order chi connectivity index (χ0) is 53.1. The van der Waals surface area contributed by atoms with Gasteiger partial charge in [0, 0.05) is 12.8 Å². The van der Waals surface area contributed by atoms with E-state index in [9.17, 15) is 35.1 Å². The Morgan fingerprint density at radius 2 is 0.932 bits per heavy atom. The first kappa shape index (κ1) is 68.6. The Bertz CT molecular complexity index is 1350. The summed E-state index contributed by atoms with van der Waals surface area (Å²) in [6, 6.07) is -0.831. The van der Waals surface area contributed by atoms with E-state index in [0.717, 1.165) is 83.5 Å². The van der Waals surface area contributed by atoms with E-state index in [2.05, 4.69) is 55.6 Å². The monoisotopic (exact) mass is 1030 g/mol. The summed E-state index contributed by atoms with van der Waals surface area (Å²) in [5.41, 5.74) is 0. The SMILES string of the molecule is CCCCC/C=C/CC/C=C/C(O)C(COC1OC(CO)C(O)C(O)C1O)NC(=O)CCCCCCCCCCC/C=C\C/C=C\CCCCCCCCCCCOC(=O)CCCCCCCCCCCCC. The van der Waals surface area contributed by atoms with Crippen LogP contribution in [0.1, 0.15) is 271 Å². The Labute approximate surface area is 446 Å². The smallest absolute Gasteiger partial charge is 0.305 e. The molecule has 1 amide bonds. The second-order valence-corrected chi connectivity index (χ2v) is 21.0. The van der Waals surface area contributed by atoms with Gasteiger partial charge in [-0.25, -0.2) is 0 Å². The standard InChI is InChI=1S/C62H113NO10/c1-3-5-7-9-11-13-29-34-38-42-46-50-58(67)71-51-47-43-39-35-31-28-26-24-22-20-18-16-14-15-17-19-21-23-25-27-30-33-37-41-45-49-57(66)63-54(55(65)48-44-40-36-32-12-10-8-6-4-2)53-72-62-61(70)60(69)59(68)56(52-64)73-62/h12,15-18,32,44,48,54-56,59-62,64-65,68-70H,3-11,13-14,19-31,33-43,45-47,49-53H2,1-2H3,(H,63,66)/b17-15-,18-16-,32-12+,48-44+. The van der Waals surface area contributed by atoms with Gasteiger partial charge in [0.25, 0.3) is 0 Å². The van der Waals surface area contributed by atoms with Crippen molar-refractivity contribution < 1.29 is 49.3 Å². The lowest BCUT2D eigenvalue weighted by Gasteiger charge is -2.40. The molecule has 7 unspecified atom stereocenters. The molecule has 0 radical (unpaired) electrons. The molecule has 1 rings (SSSR count). The first-order valence-corrected chi connectivity index (χ1v) is 30.4. The lowest BCUT2D eigenvalue weighted by molar-refractivity contribution is -0.302. The van der Waals surface area contributed by atoms with E-state index in [1.807, 2.05) is 6.08 Å². The summed E-state index contributed by atoms with van der Waals surface area (Å²) >= 11 is 0. The average Bonchev–Trinajstić information content (AvgIpc) is 3.39. The van der Waals surface area contributed by atoms with E-state index in [1.54, 1.807) is 6.08 Å². The molecule has 6 N–H and O–H groups in total. The highest BCUT2D eigenvalue weighted by Crippen LogP contribution is 2.23. The Kier molecular flexibility index (Phi) is 48.6. The minimum atomic E-state index is -1.58. The van der Waals surface area contributed by atoms with Gasteiger partial charge in [0.1, 0.15) is 24.4 Å². The van der Waals surface area contributed by atoms with Crippen molar-refractivity contribution in [2.75, 3.05) is 19.8 Å². The van der Waals surface area contributed by atoms with Crippen LogP contribution in [0.3, 0.4) is 0 Å². The third-order valence-corrected chi connectivity index (χ3v) is 14.2. The Morgan fingerprint density at radius 3 is 1.47 bits per heavy atom. The number of unbranched alkanes of at least 4 members (excludes halogenated alkanes) is 32. The topological polar surface area (TPSA) is 175 Å². The predicted octanol–water partition coefficient (Wildman–Crippen LogP) is 14.1. The molecule has 7 atom stereocenters. The zero-order valence-electron chi connectivity index (χ0n) is 46.8. The molecule has 0 aromatic rings. The molecule has 0 aliphatic carbocycles. The Balaban J connectivity index is 2.02. The third-order valence-electron chi connectivity index (χ3n) is 14.2. The summed E-state index contributed by atoms with van der Waals surface area (Å²) in [6.07, 6.45) is 55.2. The molecule has 1 heterocycles. The van der Waals surface area contributed by atoms with Crippen LogP contribution in [0.15, 0.2) is 48.6 Å². The number of aliphatic hydroxyl groups excluding tert-OH is 5. The number of carbonyl (C=O) groups is 2. The first-order chi connectivity index (χ1) is 35.7. The van der Waals surface area contributed by atoms with E-state index in [4.69, 9.17) is 14.2 Å². The van der Waals surface area contributed by atoms with Gasteiger partial charge in [-0.15, -0.1) is 0 Å². The average molecular weight is 1030 g/mol. The van der Waals surface area contributed by atoms with Crippen molar-refractivity contribution in [1.29, 1.82) is 0 Å². The number of ether oxygens (including phenoxy) is 3. The first-order valence-electron chi connectivity index (χ1n) is 30.4. The minimum absolute atomic E-state index is 0.00285. The lowest BCUT2D eigenvalue weighted by atomic mass is 9.99. The number of rotatable bonds is 52. The predicted molar refractivity (Wildman–Crippen MR) is 301 cm³/mol. The van der Waals surface area contributed by atoms with Gasteiger partial charge in [0.2, 0.25) is 5.91 Å². The quantitative estimate of drug-likeness (QED) is 0.0195. The maximum atomic E-state index is 13.0. The second kappa shape index (κ2) is 51.7. The van der Waals surface area contributed by atoms with Gasteiger partial charge in [-0.3, -0.25) is 9.59 Å². The fourth-order valence-electron chi connectivity index (χ4n) is 9.30. The van der Waals surface area contributed by atoms with Crippen LogP contribution in [0.5, 0.6) is 0 Å². The van der Waals surface area contributed by atoms with Crippen molar-refractivity contribution in [3.8, 4) is 0 Å². The summed E-state index contributed by atoms with van der Waals surface area (Å²) in [6.45, 7) is 4.26. The van der Waals surface area contributed by atoms with Crippen molar-refractivity contribution in [3.05, 3.63) is 48.6 Å². The molecule has 1 aliphatic heterocycles. The van der Waals surface area contributed by atoms with Crippen LogP contribution < -0.4 is 5.32 Å². The molecule has 0 bridgehead atoms. The number of aliphatic hydroxyl groups is 5. The largest absolute Gasteiger partial charge is 0.466 e. The van der Waals surface area contributed by atoms with Gasteiger partial charge in [0.05, 0.1) is 32.0 Å². The van der Waals surface area contributed by atoms with Gasteiger partial charge < -0.3 is 45.1 Å². The van der Waals surface area contributed by atoms with Gasteiger partial charge in [0.15, 0.2) is 6.29 Å². The maximum absolute atomic E-state index is 13.0. The molecule has 426 valence electrons. The molecule has 1 fully saturated rings. The van der Waals surface area contributed by atoms with Crippen LogP contribution in [-0.2, 0) is 23.8 Å². The summed E-state index contributed by atoms with van der Waals surface area (Å²) < 4.78 is 16.6. The number of hydrogen-bond donors (Lipinski definition) is 6. The van der Waals surface area contributed by atoms with E-state index in [-0.39, 0.29) is 18.5 Å². The van der Waals surface area contributed by atoms with Crippen LogP contribution in [0.4, 0.5) is 0 Å². The fourth-order valence-corrected chi connectivity index (χ4v) is 9.30. The van der Waals surface area contributed by atoms with Gasteiger partial charge in [-0.05, 0) is 77.0 Å². The molecule has 73 heavy (non-hydrogen) atoms. The van der Waals surface area contributed by atoms with E-state index < -0.39 is 49.5 Å². The van der Waals surface area contributed by atoms with Crippen LogP contribution >= 0.6 is 0 Å². The molecule has 0 aromatic carbocycles. The van der Waals surface area contributed by atoms with Gasteiger partial charge >= 0.3 is 5.97 Å². The van der Waals surface area contributed by atoms with Crippen LogP contribution in [-0.4, -0.2) is 100 Å². The highest BCUT2D eigenvalue weighted by molar-refractivity contribution is 5.76. The number of amides is 1. The molecule has 0 aromatic heterocycles. The normalized spacial score (nSPS) is 19.2. The van der Waals surface area contributed by atoms with Crippen molar-refractivity contribution in [1.82, 2.24) is 5.32 Å². The Hall–Kier alpha value is -2.38. The number of allylic oxidation sites excluding steroid dienone is 7. The van der Waals surface area contributed by atoms with E-state index in [0.29, 0.717) is 19.4 Å². The molecular formula is C62H113NO10. The van der Waals surface area contributed by atoms with Gasteiger partial charge in [-0.2, -0.15) is 0 Å². The fraction of sp³-hybridized carbons (Fsp3) is 0.839. The molecule has 0 saturated carbocycles. The summed E-state index contributed by atoms with van der Waals surface area (Å²) in [5, 5.41) is 54.1. The number of hydrogen-bond acceptors (Lipinski definition) is 10.